The number of aromatic amines is 1. The largest absolute Gasteiger partial charge is 0.354 e. The van der Waals surface area contributed by atoms with Crippen molar-refractivity contribution < 1.29 is 0 Å². The van der Waals surface area contributed by atoms with Crippen molar-refractivity contribution in [3.8, 4) is 0 Å². The maximum Gasteiger partial charge on any atom is 0.0497 e. The van der Waals surface area contributed by atoms with Crippen LogP contribution in [0.2, 0.25) is 0 Å². The minimum absolute atomic E-state index is 0.829. The lowest BCUT2D eigenvalue weighted by atomic mass is 9.88. The van der Waals surface area contributed by atoms with Crippen molar-refractivity contribution in [3.05, 3.63) is 48.0 Å². The number of para-hydroxylation sites is 2. The summed E-state index contributed by atoms with van der Waals surface area (Å²) >= 11 is 0. The van der Waals surface area contributed by atoms with Crippen LogP contribution in [-0.2, 0) is 6.42 Å². The molecule has 158 valence electrons. The van der Waals surface area contributed by atoms with Crippen LogP contribution < -0.4 is 0 Å². The van der Waals surface area contributed by atoms with E-state index in [1.165, 1.54) is 111 Å². The van der Waals surface area contributed by atoms with Crippen molar-refractivity contribution in [1.29, 1.82) is 0 Å². The Labute approximate surface area is 178 Å². The molecule has 0 bridgehead atoms. The Balaban J connectivity index is 1.67. The fraction of sp³-hybridized carbons (Fsp3) is 0.571. The van der Waals surface area contributed by atoms with E-state index >= 15 is 0 Å². The van der Waals surface area contributed by atoms with Gasteiger partial charge in [-0.3, -0.25) is 0 Å². The van der Waals surface area contributed by atoms with Crippen molar-refractivity contribution in [2.45, 2.75) is 97.3 Å². The van der Waals surface area contributed by atoms with Gasteiger partial charge < -0.3 is 4.98 Å². The number of fused-ring (bicyclic) bond motifs is 3. The van der Waals surface area contributed by atoms with E-state index in [-0.39, 0.29) is 0 Å². The highest BCUT2D eigenvalue weighted by atomic mass is 14.7. The van der Waals surface area contributed by atoms with Crippen LogP contribution in [0.4, 0.5) is 0 Å². The maximum atomic E-state index is 3.72. The molecule has 1 aromatic heterocycles. The minimum atomic E-state index is 0.829. The summed E-state index contributed by atoms with van der Waals surface area (Å²) in [7, 11) is 0. The molecule has 0 spiro atoms. The zero-order chi connectivity index (χ0) is 20.3. The Morgan fingerprint density at radius 1 is 0.655 bits per heavy atom. The Morgan fingerprint density at radius 3 is 2.03 bits per heavy atom. The first-order valence-electron chi connectivity index (χ1n) is 12.3. The van der Waals surface area contributed by atoms with E-state index in [4.69, 9.17) is 0 Å². The highest BCUT2D eigenvalue weighted by Crippen LogP contribution is 2.31. The van der Waals surface area contributed by atoms with E-state index in [0.29, 0.717) is 0 Å². The van der Waals surface area contributed by atoms with Crippen molar-refractivity contribution in [3.63, 3.8) is 0 Å². The molecule has 1 heterocycles. The van der Waals surface area contributed by atoms with Gasteiger partial charge in [0.1, 0.15) is 0 Å². The zero-order valence-corrected chi connectivity index (χ0v) is 18.8. The summed E-state index contributed by atoms with van der Waals surface area (Å²) in [5.41, 5.74) is 4.16. The predicted octanol–water partition coefficient (Wildman–Crippen LogP) is 9.20. The van der Waals surface area contributed by atoms with Crippen LogP contribution in [-0.4, -0.2) is 4.98 Å². The average Bonchev–Trinajstić information content (AvgIpc) is 3.13. The summed E-state index contributed by atoms with van der Waals surface area (Å²) < 4.78 is 0. The lowest BCUT2D eigenvalue weighted by Gasteiger charge is -2.18. The Morgan fingerprint density at radius 2 is 1.28 bits per heavy atom. The lowest BCUT2D eigenvalue weighted by molar-refractivity contribution is 0.403. The molecule has 1 heteroatoms. The first-order chi connectivity index (χ1) is 14.3. The van der Waals surface area contributed by atoms with Crippen LogP contribution in [0.5, 0.6) is 0 Å². The summed E-state index contributed by atoms with van der Waals surface area (Å²) in [6, 6.07) is 15.6. The minimum Gasteiger partial charge on any atom is -0.354 e. The number of nitrogens with one attached hydrogen (secondary N) is 1. The number of benzene rings is 2. The number of unbranched alkanes of at least 4 members (excludes halogenated alkanes) is 8. The number of hydrogen-bond donors (Lipinski definition) is 1. The summed E-state index contributed by atoms with van der Waals surface area (Å²) in [6.07, 6.45) is 18.0. The van der Waals surface area contributed by atoms with Crippen LogP contribution in [0, 0.1) is 5.92 Å². The predicted molar refractivity (Wildman–Crippen MR) is 130 cm³/mol. The quantitative estimate of drug-likeness (QED) is 0.264. The van der Waals surface area contributed by atoms with Gasteiger partial charge in [-0.25, -0.2) is 0 Å². The Hall–Kier alpha value is -1.76. The van der Waals surface area contributed by atoms with Gasteiger partial charge in [0.15, 0.2) is 0 Å². The third-order valence-electron chi connectivity index (χ3n) is 6.57. The number of H-pyrrole nitrogens is 1. The highest BCUT2D eigenvalue weighted by molar-refractivity contribution is 6.08. The molecule has 0 aliphatic carbocycles. The third kappa shape index (κ3) is 6.36. The standard InChI is InChI=1S/C28H41N/c1-3-5-7-9-10-12-17-23(16-11-8-6-4-2)22-24-18-15-20-26-25-19-13-14-21-27(25)29-28(24)26/h13-15,18-21,23,29H,3-12,16-17,22H2,1-2H3. The fourth-order valence-electron chi connectivity index (χ4n) is 4.84. The van der Waals surface area contributed by atoms with Crippen LogP contribution in [0.1, 0.15) is 96.5 Å². The summed E-state index contributed by atoms with van der Waals surface area (Å²) in [5.74, 6) is 0.829. The molecule has 29 heavy (non-hydrogen) atoms. The van der Waals surface area contributed by atoms with Gasteiger partial charge in [0.2, 0.25) is 0 Å². The molecule has 2 aromatic carbocycles. The highest BCUT2D eigenvalue weighted by Gasteiger charge is 2.14. The molecule has 3 aromatic rings. The van der Waals surface area contributed by atoms with Gasteiger partial charge in [-0.15, -0.1) is 0 Å². The fourth-order valence-corrected chi connectivity index (χ4v) is 4.84. The number of rotatable bonds is 14. The second-order valence-corrected chi connectivity index (χ2v) is 8.99. The molecule has 3 rings (SSSR count). The summed E-state index contributed by atoms with van der Waals surface area (Å²) in [5, 5.41) is 2.75. The molecule has 0 radical (unpaired) electrons. The molecule has 0 saturated carbocycles. The van der Waals surface area contributed by atoms with Crippen molar-refractivity contribution in [1.82, 2.24) is 4.98 Å². The number of aromatic nitrogens is 1. The first kappa shape index (κ1) is 21.9. The molecule has 0 saturated heterocycles. The van der Waals surface area contributed by atoms with Crippen LogP contribution in [0.25, 0.3) is 21.8 Å². The topological polar surface area (TPSA) is 15.8 Å². The second kappa shape index (κ2) is 12.1. The van der Waals surface area contributed by atoms with E-state index < -0.39 is 0 Å². The van der Waals surface area contributed by atoms with Gasteiger partial charge in [-0.2, -0.15) is 0 Å². The summed E-state index contributed by atoms with van der Waals surface area (Å²) in [6.45, 7) is 4.61. The van der Waals surface area contributed by atoms with Gasteiger partial charge in [0.25, 0.3) is 0 Å². The Bertz CT molecular complexity index is 844. The van der Waals surface area contributed by atoms with Crippen molar-refractivity contribution in [2.24, 2.45) is 5.92 Å². The van der Waals surface area contributed by atoms with E-state index in [9.17, 15) is 0 Å². The van der Waals surface area contributed by atoms with Gasteiger partial charge in [-0.05, 0) is 24.0 Å². The molecule has 0 fully saturated rings. The molecular formula is C28H41N. The smallest absolute Gasteiger partial charge is 0.0497 e. The molecule has 0 amide bonds. The van der Waals surface area contributed by atoms with Crippen LogP contribution in [0.15, 0.2) is 42.5 Å². The molecule has 1 unspecified atom stereocenters. The molecule has 0 aliphatic heterocycles. The van der Waals surface area contributed by atoms with Gasteiger partial charge in [0, 0.05) is 21.8 Å². The molecular weight excluding hydrogens is 350 g/mol. The van der Waals surface area contributed by atoms with Gasteiger partial charge in [-0.1, -0.05) is 127 Å². The van der Waals surface area contributed by atoms with Crippen LogP contribution >= 0.6 is 0 Å². The molecule has 0 aliphatic rings. The van der Waals surface area contributed by atoms with E-state index in [0.717, 1.165) is 5.92 Å². The van der Waals surface area contributed by atoms with E-state index in [1.807, 2.05) is 0 Å². The lowest BCUT2D eigenvalue weighted by Crippen LogP contribution is -2.06. The zero-order valence-electron chi connectivity index (χ0n) is 18.8. The normalized spacial score (nSPS) is 12.8. The van der Waals surface area contributed by atoms with Crippen LogP contribution in [0.3, 0.4) is 0 Å². The second-order valence-electron chi connectivity index (χ2n) is 8.99. The van der Waals surface area contributed by atoms with Crippen molar-refractivity contribution in [2.75, 3.05) is 0 Å². The third-order valence-corrected chi connectivity index (χ3v) is 6.57. The maximum absolute atomic E-state index is 3.72. The summed E-state index contributed by atoms with van der Waals surface area (Å²) in [4.78, 5) is 3.72. The van der Waals surface area contributed by atoms with Crippen molar-refractivity contribution >= 4 is 21.8 Å². The first-order valence-corrected chi connectivity index (χ1v) is 12.3. The van der Waals surface area contributed by atoms with Gasteiger partial charge >= 0.3 is 0 Å². The van der Waals surface area contributed by atoms with E-state index in [2.05, 4.69) is 61.3 Å². The molecule has 1 atom stereocenters. The average molecular weight is 392 g/mol. The Kier molecular flexibility index (Phi) is 9.12. The molecule has 1 nitrogen and oxygen atoms in total. The SMILES string of the molecule is CCCCCCCCC(CCCCCC)Cc1cccc2c1[nH]c1ccccc12. The van der Waals surface area contributed by atoms with E-state index in [1.54, 1.807) is 0 Å². The number of hydrogen-bond acceptors (Lipinski definition) is 0. The molecule has 1 N–H and O–H groups in total. The monoisotopic (exact) mass is 391 g/mol. The van der Waals surface area contributed by atoms with Gasteiger partial charge in [0.05, 0.1) is 0 Å².